The number of fused-ring (bicyclic) bond motifs is 1. The number of aromatic nitrogens is 1. The molecule has 166 valence electrons. The van der Waals surface area contributed by atoms with Crippen molar-refractivity contribution >= 4 is 16.6 Å². The van der Waals surface area contributed by atoms with Gasteiger partial charge in [0.2, 0.25) is 5.88 Å². The summed E-state index contributed by atoms with van der Waals surface area (Å²) in [5.74, 6) is 1.75. The van der Waals surface area contributed by atoms with Crippen LogP contribution in [-0.2, 0) is 0 Å². The molecule has 0 aliphatic carbocycles. The third kappa shape index (κ3) is 4.15. The van der Waals surface area contributed by atoms with Crippen molar-refractivity contribution in [2.24, 2.45) is 5.16 Å². The number of hydrogen-bond acceptors (Lipinski definition) is 5. The smallest absolute Gasteiger partial charge is 0.230 e. The Bertz CT molecular complexity index is 1110. The summed E-state index contributed by atoms with van der Waals surface area (Å²) in [6.45, 7) is 6.11. The Morgan fingerprint density at radius 2 is 1.72 bits per heavy atom. The highest BCUT2D eigenvalue weighted by Gasteiger charge is 2.29. The number of amidine groups is 1. The summed E-state index contributed by atoms with van der Waals surface area (Å²) in [7, 11) is 0. The summed E-state index contributed by atoms with van der Waals surface area (Å²) in [4.78, 5) is 9.45. The molecule has 32 heavy (non-hydrogen) atoms. The van der Waals surface area contributed by atoms with Gasteiger partial charge in [-0.25, -0.2) is 4.98 Å². The monoisotopic (exact) mass is 430 g/mol. The van der Waals surface area contributed by atoms with E-state index >= 15 is 0 Å². The Morgan fingerprint density at radius 3 is 2.50 bits per heavy atom. The molecule has 2 aliphatic rings. The van der Waals surface area contributed by atoms with Crippen molar-refractivity contribution in [2.45, 2.75) is 38.6 Å². The molecule has 0 amide bonds. The highest BCUT2D eigenvalue weighted by Crippen LogP contribution is 2.32. The van der Waals surface area contributed by atoms with Crippen molar-refractivity contribution in [3.8, 4) is 11.6 Å². The molecule has 0 unspecified atom stereocenters. The SMILES string of the molecule is Cc1ccc(/C(=N/O)N2CCC(N3CCCC3)CC2)c(Oc2cccc3ccccc23)n1. The minimum Gasteiger partial charge on any atom is -0.438 e. The first-order valence-electron chi connectivity index (χ1n) is 11.6. The lowest BCUT2D eigenvalue weighted by molar-refractivity contribution is 0.161. The van der Waals surface area contributed by atoms with Crippen LogP contribution in [0.25, 0.3) is 10.8 Å². The van der Waals surface area contributed by atoms with Gasteiger partial charge in [-0.3, -0.25) is 0 Å². The fraction of sp³-hybridized carbons (Fsp3) is 0.385. The molecule has 0 saturated carbocycles. The van der Waals surface area contributed by atoms with Crippen LogP contribution in [0, 0.1) is 6.92 Å². The summed E-state index contributed by atoms with van der Waals surface area (Å²) >= 11 is 0. The highest BCUT2D eigenvalue weighted by atomic mass is 16.5. The van der Waals surface area contributed by atoms with Gasteiger partial charge in [-0.05, 0) is 69.3 Å². The summed E-state index contributed by atoms with van der Waals surface area (Å²) in [5.41, 5.74) is 1.57. The number of piperidine rings is 1. The minimum atomic E-state index is 0.468. The molecule has 2 fully saturated rings. The second kappa shape index (κ2) is 9.17. The largest absolute Gasteiger partial charge is 0.438 e. The Hall–Kier alpha value is -3.12. The molecule has 0 radical (unpaired) electrons. The molecule has 2 aromatic carbocycles. The zero-order chi connectivity index (χ0) is 21.9. The van der Waals surface area contributed by atoms with Crippen molar-refractivity contribution in [1.29, 1.82) is 0 Å². The van der Waals surface area contributed by atoms with Gasteiger partial charge in [0, 0.05) is 30.2 Å². The molecule has 0 atom stereocenters. The Labute approximate surface area is 189 Å². The van der Waals surface area contributed by atoms with Crippen LogP contribution < -0.4 is 4.74 Å². The molecule has 2 saturated heterocycles. The van der Waals surface area contributed by atoms with Crippen LogP contribution >= 0.6 is 0 Å². The fourth-order valence-electron chi connectivity index (χ4n) is 5.01. The van der Waals surface area contributed by atoms with Gasteiger partial charge >= 0.3 is 0 Å². The first-order valence-corrected chi connectivity index (χ1v) is 11.6. The van der Waals surface area contributed by atoms with Crippen molar-refractivity contribution in [1.82, 2.24) is 14.8 Å². The van der Waals surface area contributed by atoms with E-state index in [0.29, 0.717) is 23.3 Å². The maximum absolute atomic E-state index is 9.99. The number of oxime groups is 1. The second-order valence-corrected chi connectivity index (χ2v) is 8.77. The molecule has 0 spiro atoms. The van der Waals surface area contributed by atoms with Crippen LogP contribution in [0.4, 0.5) is 0 Å². The second-order valence-electron chi connectivity index (χ2n) is 8.77. The molecular weight excluding hydrogens is 400 g/mol. The summed E-state index contributed by atoms with van der Waals surface area (Å²) in [6.07, 6.45) is 4.79. The standard InChI is InChI=1S/C26H30N4O2/c1-19-11-12-23(25(28-31)30-17-13-21(14-18-30)29-15-4-5-16-29)26(27-19)32-24-10-6-8-20-7-2-3-9-22(20)24/h2-3,6-12,21,31H,4-5,13-18H2,1H3/b28-25-. The Balaban J connectivity index is 1.41. The zero-order valence-electron chi connectivity index (χ0n) is 18.6. The normalized spacial score (nSPS) is 18.4. The lowest BCUT2D eigenvalue weighted by Crippen LogP contribution is -2.46. The molecule has 5 rings (SSSR count). The van der Waals surface area contributed by atoms with E-state index in [1.807, 2.05) is 49.4 Å². The lowest BCUT2D eigenvalue weighted by atomic mass is 10.0. The first-order chi connectivity index (χ1) is 15.7. The van der Waals surface area contributed by atoms with Crippen LogP contribution in [0.3, 0.4) is 0 Å². The van der Waals surface area contributed by atoms with Gasteiger partial charge in [-0.1, -0.05) is 41.6 Å². The quantitative estimate of drug-likeness (QED) is 0.272. The number of benzene rings is 2. The number of rotatable bonds is 4. The third-order valence-electron chi connectivity index (χ3n) is 6.71. The number of nitrogens with zero attached hydrogens (tertiary/aromatic N) is 4. The lowest BCUT2D eigenvalue weighted by Gasteiger charge is -2.37. The van der Waals surface area contributed by atoms with Gasteiger partial charge in [0.1, 0.15) is 5.75 Å². The Kier molecular flexibility index (Phi) is 5.95. The minimum absolute atomic E-state index is 0.468. The molecule has 1 aromatic heterocycles. The van der Waals surface area contributed by atoms with Crippen LogP contribution in [-0.4, -0.2) is 58.0 Å². The molecule has 2 aliphatic heterocycles. The van der Waals surface area contributed by atoms with E-state index in [1.165, 1.54) is 25.9 Å². The molecule has 6 heteroatoms. The predicted octanol–water partition coefficient (Wildman–Crippen LogP) is 5.03. The molecular formula is C26H30N4O2. The van der Waals surface area contributed by atoms with Crippen molar-refractivity contribution in [3.05, 3.63) is 65.9 Å². The summed E-state index contributed by atoms with van der Waals surface area (Å²) in [6, 6.07) is 18.7. The topological polar surface area (TPSA) is 61.2 Å². The third-order valence-corrected chi connectivity index (χ3v) is 6.71. The average molecular weight is 431 g/mol. The van der Waals surface area contributed by atoms with E-state index in [2.05, 4.69) is 32.1 Å². The molecule has 0 bridgehead atoms. The average Bonchev–Trinajstić information content (AvgIpc) is 3.37. The van der Waals surface area contributed by atoms with Gasteiger partial charge in [-0.2, -0.15) is 0 Å². The number of likely N-dealkylation sites (tertiary alicyclic amines) is 2. The summed E-state index contributed by atoms with van der Waals surface area (Å²) < 4.78 is 6.34. The molecule has 1 N–H and O–H groups in total. The fourth-order valence-corrected chi connectivity index (χ4v) is 5.01. The highest BCUT2D eigenvalue weighted by molar-refractivity contribution is 6.00. The van der Waals surface area contributed by atoms with Crippen LogP contribution in [0.1, 0.15) is 36.9 Å². The predicted molar refractivity (Wildman–Crippen MR) is 127 cm³/mol. The first kappa shape index (κ1) is 20.8. The molecule has 3 aromatic rings. The number of aryl methyl sites for hydroxylation is 1. The van der Waals surface area contributed by atoms with E-state index < -0.39 is 0 Å². The van der Waals surface area contributed by atoms with Crippen LogP contribution in [0.2, 0.25) is 0 Å². The van der Waals surface area contributed by atoms with Gasteiger partial charge in [-0.15, -0.1) is 0 Å². The maximum Gasteiger partial charge on any atom is 0.230 e. The van der Waals surface area contributed by atoms with Gasteiger partial charge in [0.05, 0.1) is 5.56 Å². The van der Waals surface area contributed by atoms with Gasteiger partial charge in [0.15, 0.2) is 5.84 Å². The van der Waals surface area contributed by atoms with Gasteiger partial charge in [0.25, 0.3) is 0 Å². The van der Waals surface area contributed by atoms with Crippen LogP contribution in [0.15, 0.2) is 59.8 Å². The zero-order valence-corrected chi connectivity index (χ0v) is 18.6. The molecule has 3 heterocycles. The van der Waals surface area contributed by atoms with E-state index in [1.54, 1.807) is 0 Å². The van der Waals surface area contributed by atoms with Crippen molar-refractivity contribution in [3.63, 3.8) is 0 Å². The maximum atomic E-state index is 9.99. The van der Waals surface area contributed by atoms with E-state index in [9.17, 15) is 5.21 Å². The van der Waals surface area contributed by atoms with E-state index in [4.69, 9.17) is 4.74 Å². The Morgan fingerprint density at radius 1 is 0.969 bits per heavy atom. The van der Waals surface area contributed by atoms with Crippen LogP contribution in [0.5, 0.6) is 11.6 Å². The number of pyridine rings is 1. The van der Waals surface area contributed by atoms with Crippen molar-refractivity contribution in [2.75, 3.05) is 26.2 Å². The number of ether oxygens (including phenoxy) is 1. The van der Waals surface area contributed by atoms with E-state index in [-0.39, 0.29) is 0 Å². The number of hydrogen-bond donors (Lipinski definition) is 1. The van der Waals surface area contributed by atoms with E-state index in [0.717, 1.165) is 48.1 Å². The molecule has 6 nitrogen and oxygen atoms in total. The summed E-state index contributed by atoms with van der Waals surface area (Å²) in [5, 5.41) is 15.8. The van der Waals surface area contributed by atoms with Gasteiger partial charge < -0.3 is 19.7 Å². The van der Waals surface area contributed by atoms with Crippen molar-refractivity contribution < 1.29 is 9.94 Å².